The van der Waals surface area contributed by atoms with Crippen LogP contribution < -0.4 is 16.4 Å². The molecule has 0 aromatic heterocycles. The number of carbonyl (C=O) groups excluding carboxylic acids is 1. The van der Waals surface area contributed by atoms with Gasteiger partial charge in [-0.2, -0.15) is 0 Å². The van der Waals surface area contributed by atoms with Crippen molar-refractivity contribution in [1.29, 1.82) is 0 Å². The fourth-order valence-electron chi connectivity index (χ4n) is 1.64. The largest absolute Gasteiger partial charge is 0.389 e. The van der Waals surface area contributed by atoms with Crippen molar-refractivity contribution in [1.82, 2.24) is 5.32 Å². The monoisotopic (exact) mass is 297 g/mol. The third-order valence-electron chi connectivity index (χ3n) is 2.39. The number of hydrogen-bond donors (Lipinski definition) is 3. The molecule has 0 unspecified atom stereocenters. The number of carbonyl (C=O) groups is 1. The standard InChI is InChI=1S/C13H19N3OS2/c1-3-19-11-6-4-5-10(12(11)13(14)18)16-8-7-15-9(2)17/h4-6,16H,3,7-8H2,1-2H3,(H2,14,18)(H,15,17). The highest BCUT2D eigenvalue weighted by Gasteiger charge is 2.10. The van der Waals surface area contributed by atoms with Crippen molar-refractivity contribution >= 4 is 40.6 Å². The summed E-state index contributed by atoms with van der Waals surface area (Å²) in [6.45, 7) is 4.79. The Morgan fingerprint density at radius 2 is 2.16 bits per heavy atom. The summed E-state index contributed by atoms with van der Waals surface area (Å²) in [6, 6.07) is 5.93. The molecule has 6 heteroatoms. The Hall–Kier alpha value is -1.27. The van der Waals surface area contributed by atoms with Crippen molar-refractivity contribution in [3.63, 3.8) is 0 Å². The third-order valence-corrected chi connectivity index (χ3v) is 3.53. The summed E-state index contributed by atoms with van der Waals surface area (Å²) in [7, 11) is 0. The second kappa shape index (κ2) is 8.01. The molecule has 0 aliphatic rings. The zero-order chi connectivity index (χ0) is 14.3. The first-order valence-corrected chi connectivity index (χ1v) is 7.49. The fraction of sp³-hybridized carbons (Fsp3) is 0.385. The van der Waals surface area contributed by atoms with Crippen LogP contribution in [-0.4, -0.2) is 29.7 Å². The van der Waals surface area contributed by atoms with E-state index < -0.39 is 0 Å². The van der Waals surface area contributed by atoms with Crippen LogP contribution >= 0.6 is 24.0 Å². The van der Waals surface area contributed by atoms with E-state index in [9.17, 15) is 4.79 Å². The van der Waals surface area contributed by atoms with Crippen LogP contribution in [0.5, 0.6) is 0 Å². The van der Waals surface area contributed by atoms with E-state index in [0.29, 0.717) is 18.1 Å². The van der Waals surface area contributed by atoms with Gasteiger partial charge >= 0.3 is 0 Å². The van der Waals surface area contributed by atoms with Gasteiger partial charge < -0.3 is 16.4 Å². The van der Waals surface area contributed by atoms with Crippen LogP contribution in [0.2, 0.25) is 0 Å². The molecule has 1 aromatic carbocycles. The van der Waals surface area contributed by atoms with Gasteiger partial charge in [-0.3, -0.25) is 4.79 Å². The Bertz CT molecular complexity index is 463. The fourth-order valence-corrected chi connectivity index (χ4v) is 2.78. The van der Waals surface area contributed by atoms with Gasteiger partial charge in [-0.05, 0) is 17.9 Å². The second-order valence-electron chi connectivity index (χ2n) is 3.89. The smallest absolute Gasteiger partial charge is 0.216 e. The van der Waals surface area contributed by atoms with Crippen LogP contribution in [-0.2, 0) is 4.79 Å². The molecule has 0 radical (unpaired) electrons. The van der Waals surface area contributed by atoms with E-state index in [1.165, 1.54) is 6.92 Å². The van der Waals surface area contributed by atoms with E-state index in [1.54, 1.807) is 11.8 Å². The molecular formula is C13H19N3OS2. The summed E-state index contributed by atoms with van der Waals surface area (Å²) in [4.78, 5) is 12.3. The second-order valence-corrected chi connectivity index (χ2v) is 5.63. The molecule has 0 atom stereocenters. The third kappa shape index (κ3) is 5.08. The Kier molecular flexibility index (Phi) is 6.66. The minimum Gasteiger partial charge on any atom is -0.389 e. The summed E-state index contributed by atoms with van der Waals surface area (Å²) in [5, 5.41) is 5.99. The molecule has 19 heavy (non-hydrogen) atoms. The zero-order valence-electron chi connectivity index (χ0n) is 11.2. The van der Waals surface area contributed by atoms with Crippen molar-refractivity contribution in [3.8, 4) is 0 Å². The minimum atomic E-state index is -0.0355. The maximum atomic E-state index is 10.8. The number of amides is 1. The van der Waals surface area contributed by atoms with Gasteiger partial charge in [0.1, 0.15) is 4.99 Å². The molecule has 4 nitrogen and oxygen atoms in total. The lowest BCUT2D eigenvalue weighted by Gasteiger charge is -2.14. The Morgan fingerprint density at radius 1 is 1.42 bits per heavy atom. The van der Waals surface area contributed by atoms with Crippen LogP contribution in [0, 0.1) is 0 Å². The van der Waals surface area contributed by atoms with E-state index in [1.807, 2.05) is 18.2 Å². The predicted octanol–water partition coefficient (Wildman–Crippen LogP) is 1.98. The number of thioether (sulfide) groups is 1. The highest BCUT2D eigenvalue weighted by Crippen LogP contribution is 2.28. The molecule has 0 spiro atoms. The first-order valence-electron chi connectivity index (χ1n) is 6.10. The van der Waals surface area contributed by atoms with E-state index in [2.05, 4.69) is 17.6 Å². The lowest BCUT2D eigenvalue weighted by Crippen LogP contribution is -2.27. The first kappa shape index (κ1) is 15.8. The maximum Gasteiger partial charge on any atom is 0.216 e. The molecule has 0 aliphatic heterocycles. The number of nitrogens with one attached hydrogen (secondary N) is 2. The maximum absolute atomic E-state index is 10.8. The topological polar surface area (TPSA) is 67.1 Å². The van der Waals surface area contributed by atoms with E-state index in [4.69, 9.17) is 18.0 Å². The summed E-state index contributed by atoms with van der Waals surface area (Å²) < 4.78 is 0. The minimum absolute atomic E-state index is 0.0355. The summed E-state index contributed by atoms with van der Waals surface area (Å²) in [5.41, 5.74) is 7.60. The average molecular weight is 297 g/mol. The zero-order valence-corrected chi connectivity index (χ0v) is 12.8. The molecule has 0 fully saturated rings. The van der Waals surface area contributed by atoms with Crippen molar-refractivity contribution in [2.24, 2.45) is 5.73 Å². The van der Waals surface area contributed by atoms with Gasteiger partial charge in [0.2, 0.25) is 5.91 Å². The van der Waals surface area contributed by atoms with Gasteiger partial charge in [-0.25, -0.2) is 0 Å². The van der Waals surface area contributed by atoms with Crippen molar-refractivity contribution < 1.29 is 4.79 Å². The molecule has 1 amide bonds. The Balaban J connectivity index is 2.78. The highest BCUT2D eigenvalue weighted by molar-refractivity contribution is 7.99. The molecule has 0 saturated carbocycles. The number of rotatable bonds is 7. The van der Waals surface area contributed by atoms with E-state index in [-0.39, 0.29) is 5.91 Å². The molecular weight excluding hydrogens is 278 g/mol. The molecule has 0 aliphatic carbocycles. The molecule has 0 saturated heterocycles. The number of anilines is 1. The Morgan fingerprint density at radius 3 is 2.74 bits per heavy atom. The number of benzene rings is 1. The lowest BCUT2D eigenvalue weighted by molar-refractivity contribution is -0.118. The average Bonchev–Trinajstić information content (AvgIpc) is 2.34. The summed E-state index contributed by atoms with van der Waals surface area (Å²) in [5.74, 6) is 0.928. The van der Waals surface area contributed by atoms with Crippen LogP contribution in [0.4, 0.5) is 5.69 Å². The van der Waals surface area contributed by atoms with Gasteiger partial charge in [0.05, 0.1) is 0 Å². The predicted molar refractivity (Wildman–Crippen MR) is 85.9 cm³/mol. The van der Waals surface area contributed by atoms with Gasteiger partial charge in [-0.15, -0.1) is 11.8 Å². The molecule has 1 rings (SSSR count). The molecule has 104 valence electrons. The molecule has 0 bridgehead atoms. The van der Waals surface area contributed by atoms with Crippen LogP contribution in [0.15, 0.2) is 23.1 Å². The van der Waals surface area contributed by atoms with E-state index in [0.717, 1.165) is 21.9 Å². The number of thiocarbonyl (C=S) groups is 1. The van der Waals surface area contributed by atoms with Crippen LogP contribution in [0.1, 0.15) is 19.4 Å². The van der Waals surface area contributed by atoms with Gasteiger partial charge in [0.15, 0.2) is 0 Å². The molecule has 1 aromatic rings. The van der Waals surface area contributed by atoms with Crippen LogP contribution in [0.3, 0.4) is 0 Å². The first-order chi connectivity index (χ1) is 9.06. The van der Waals surface area contributed by atoms with Crippen molar-refractivity contribution in [2.45, 2.75) is 18.7 Å². The van der Waals surface area contributed by atoms with Gasteiger partial charge in [-0.1, -0.05) is 25.2 Å². The summed E-state index contributed by atoms with van der Waals surface area (Å²) in [6.07, 6.45) is 0. The molecule has 4 N–H and O–H groups in total. The SMILES string of the molecule is CCSc1cccc(NCCNC(C)=O)c1C(N)=S. The number of nitrogens with two attached hydrogens (primary N) is 1. The summed E-state index contributed by atoms with van der Waals surface area (Å²) >= 11 is 6.84. The quantitative estimate of drug-likeness (QED) is 0.408. The lowest BCUT2D eigenvalue weighted by atomic mass is 10.1. The van der Waals surface area contributed by atoms with Crippen LogP contribution in [0.25, 0.3) is 0 Å². The molecule has 0 heterocycles. The van der Waals surface area contributed by atoms with E-state index >= 15 is 0 Å². The van der Waals surface area contributed by atoms with Gasteiger partial charge in [0, 0.05) is 36.2 Å². The Labute approximate surface area is 123 Å². The van der Waals surface area contributed by atoms with Gasteiger partial charge in [0.25, 0.3) is 0 Å². The van der Waals surface area contributed by atoms with Crippen molar-refractivity contribution in [3.05, 3.63) is 23.8 Å². The highest BCUT2D eigenvalue weighted by atomic mass is 32.2. The van der Waals surface area contributed by atoms with Crippen molar-refractivity contribution in [2.75, 3.05) is 24.2 Å². The normalized spacial score (nSPS) is 10.0. The number of hydrogen-bond acceptors (Lipinski definition) is 4.